The number of rotatable bonds is 16. The van der Waals surface area contributed by atoms with Crippen LogP contribution >= 0.6 is 15.9 Å². The van der Waals surface area contributed by atoms with Gasteiger partial charge in [0.1, 0.15) is 5.82 Å². The standard InChI is InChI=1S/C33H35FN2O5.C24H28BrN3O3/c1-21(2)31-30(33(41)35-25-11-7-4-8-12-25)29(22-9-5-3-6-10-22)32(23-13-15-24(34)16-14-23)36(31)18-17-26(37)19-27(38)20-28(39)40;1-27-13-17-8-21-24(30-3,19-5-4-6-20(27)22(17)19)9-15(12-28(21)2)14-31-23(29)16-7-18(25)11-26-10-16/h3-16,21,26-27,37-38H,17-20H2,1-2H3,(H,35,41)(H,39,40);4-7,10-11,13,15,19,21-22H,8-9,12,14H2,1-3H3/t26-,27-;15-,19?,21-,22?,24+/m11/s1. The average Bonchev–Trinajstić information content (AvgIpc) is 3.88. The molecule has 4 heterocycles. The summed E-state index contributed by atoms with van der Waals surface area (Å²) in [7, 11) is 6.16. The number of likely N-dealkylation sites (tertiary alicyclic amines) is 1. The summed E-state index contributed by atoms with van der Waals surface area (Å²) < 4.78 is 28.9. The number of carboxylic acid groups (broad SMARTS) is 1. The molecule has 2 aromatic heterocycles. The molecular weight excluding hydrogens is 982 g/mol. The van der Waals surface area contributed by atoms with E-state index < -0.39 is 24.6 Å². The molecule has 2 fully saturated rings. The first kappa shape index (κ1) is 52.1. The third-order valence-corrected chi connectivity index (χ3v) is 14.8. The summed E-state index contributed by atoms with van der Waals surface area (Å²) >= 11 is 3.36. The van der Waals surface area contributed by atoms with Gasteiger partial charge in [0, 0.05) is 96.8 Å². The zero-order chi connectivity index (χ0) is 51.3. The number of carbonyl (C=O) groups is 3. The number of halogens is 2. The SMILES string of the molecule is CC(C)c1c(C(=O)Nc2ccccc2)c(-c2ccccc2)c(-c2ccc(F)cc2)n1CC[C@@H](O)C[C@@H](O)CC(=O)O.CO[C@]12C[C@@H](COC(=O)c3cncc(Br)c3)CN(C)[C@@H]1CC1=CN(C)C3=CC=CC2C13. The zero-order valence-corrected chi connectivity index (χ0v) is 42.8. The maximum Gasteiger partial charge on any atom is 0.339 e. The summed E-state index contributed by atoms with van der Waals surface area (Å²) in [4.78, 5) is 46.3. The Balaban J connectivity index is 0.000000200. The highest BCUT2D eigenvalue weighted by Crippen LogP contribution is 2.56. The van der Waals surface area contributed by atoms with Crippen LogP contribution in [-0.2, 0) is 20.8 Å². The van der Waals surface area contributed by atoms with Crippen molar-refractivity contribution in [3.05, 3.63) is 166 Å². The van der Waals surface area contributed by atoms with Crippen molar-refractivity contribution in [2.24, 2.45) is 17.8 Å². The van der Waals surface area contributed by atoms with Crippen LogP contribution in [0.25, 0.3) is 22.4 Å². The molecule has 72 heavy (non-hydrogen) atoms. The van der Waals surface area contributed by atoms with Gasteiger partial charge < -0.3 is 39.6 Å². The van der Waals surface area contributed by atoms with Crippen LogP contribution in [0.1, 0.15) is 78.3 Å². The van der Waals surface area contributed by atoms with Crippen LogP contribution in [0.3, 0.4) is 0 Å². The summed E-state index contributed by atoms with van der Waals surface area (Å²) in [6, 6.07) is 26.8. The number of fused-ring (bicyclic) bond motifs is 2. The maximum absolute atomic E-state index is 14.0. The van der Waals surface area contributed by atoms with E-state index in [1.54, 1.807) is 30.6 Å². The molecule has 7 atom stereocenters. The first-order valence-corrected chi connectivity index (χ1v) is 25.2. The molecule has 2 aliphatic heterocycles. The Labute approximate surface area is 428 Å². The number of aliphatic carboxylic acids is 1. The average molecular weight is 1050 g/mol. The number of carboxylic acids is 1. The molecule has 9 rings (SSSR count). The summed E-state index contributed by atoms with van der Waals surface area (Å²) in [6.07, 6.45) is 11.6. The first-order chi connectivity index (χ1) is 34.6. The number of aliphatic hydroxyl groups is 2. The van der Waals surface area contributed by atoms with Crippen LogP contribution < -0.4 is 5.32 Å². The molecule has 1 amide bonds. The Kier molecular flexibility index (Phi) is 16.4. The van der Waals surface area contributed by atoms with E-state index in [1.165, 1.54) is 23.4 Å². The molecule has 15 heteroatoms. The van der Waals surface area contributed by atoms with Gasteiger partial charge in [-0.25, -0.2) is 9.18 Å². The molecule has 1 saturated carbocycles. The Bertz CT molecular complexity index is 2840. The lowest BCUT2D eigenvalue weighted by atomic mass is 9.58. The third-order valence-electron chi connectivity index (χ3n) is 14.4. The van der Waals surface area contributed by atoms with Crippen molar-refractivity contribution in [3.63, 3.8) is 0 Å². The van der Waals surface area contributed by atoms with Crippen LogP contribution in [0.5, 0.6) is 0 Å². The fraction of sp³-hybridized carbons (Fsp3) is 0.368. The van der Waals surface area contributed by atoms with Crippen molar-refractivity contribution in [3.8, 4) is 22.4 Å². The number of methoxy groups -OCH3 is 1. The van der Waals surface area contributed by atoms with E-state index in [-0.39, 0.29) is 60.4 Å². The molecule has 0 radical (unpaired) electrons. The smallest absolute Gasteiger partial charge is 0.339 e. The van der Waals surface area contributed by atoms with E-state index in [0.29, 0.717) is 52.2 Å². The zero-order valence-electron chi connectivity index (χ0n) is 41.3. The van der Waals surface area contributed by atoms with Gasteiger partial charge in [0.05, 0.1) is 47.7 Å². The number of esters is 1. The fourth-order valence-electron chi connectivity index (χ4n) is 11.4. The van der Waals surface area contributed by atoms with E-state index in [9.17, 15) is 29.0 Å². The van der Waals surface area contributed by atoms with Crippen LogP contribution in [0, 0.1) is 23.6 Å². The van der Waals surface area contributed by atoms with Crippen LogP contribution in [0.15, 0.2) is 144 Å². The number of pyridine rings is 1. The minimum Gasteiger partial charge on any atom is -0.481 e. The van der Waals surface area contributed by atoms with Gasteiger partial charge in [-0.15, -0.1) is 0 Å². The number of hydrogen-bond acceptors (Lipinski definition) is 10. The first-order valence-electron chi connectivity index (χ1n) is 24.4. The number of carbonyl (C=O) groups excluding carboxylic acids is 2. The lowest BCUT2D eigenvalue weighted by molar-refractivity contribution is -0.162. The van der Waals surface area contributed by atoms with E-state index in [1.807, 2.05) is 86.2 Å². The van der Waals surface area contributed by atoms with Crippen molar-refractivity contribution in [2.75, 3.05) is 39.7 Å². The van der Waals surface area contributed by atoms with Gasteiger partial charge in [0.2, 0.25) is 0 Å². The lowest BCUT2D eigenvalue weighted by Gasteiger charge is -2.58. The number of nitrogens with zero attached hydrogens (tertiary/aromatic N) is 4. The Morgan fingerprint density at radius 1 is 0.958 bits per heavy atom. The molecule has 4 aliphatic rings. The number of allylic oxidation sites excluding steroid dienone is 3. The number of likely N-dealkylation sites (N-methyl/N-ethyl adjacent to an activating group) is 1. The van der Waals surface area contributed by atoms with E-state index in [0.717, 1.165) is 35.1 Å². The van der Waals surface area contributed by atoms with Crippen molar-refractivity contribution < 1.29 is 43.6 Å². The maximum atomic E-state index is 14.0. The van der Waals surface area contributed by atoms with Crippen molar-refractivity contribution in [1.29, 1.82) is 0 Å². The number of aliphatic hydroxyl groups excluding tert-OH is 2. The number of benzene rings is 3. The number of ether oxygens (including phenoxy) is 2. The van der Waals surface area contributed by atoms with Crippen LogP contribution in [0.2, 0.25) is 0 Å². The summed E-state index contributed by atoms with van der Waals surface area (Å²) in [5, 5.41) is 32.8. The number of amides is 1. The molecule has 3 aromatic carbocycles. The van der Waals surface area contributed by atoms with Crippen molar-refractivity contribution >= 4 is 39.5 Å². The molecule has 0 spiro atoms. The number of nitrogens with one attached hydrogen (secondary N) is 1. The predicted octanol–water partition coefficient (Wildman–Crippen LogP) is 9.94. The van der Waals surface area contributed by atoms with Gasteiger partial charge in [-0.3, -0.25) is 19.5 Å². The van der Waals surface area contributed by atoms with Gasteiger partial charge in [-0.2, -0.15) is 0 Å². The monoisotopic (exact) mass is 1040 g/mol. The van der Waals surface area contributed by atoms with Gasteiger partial charge in [-0.05, 0) is 120 Å². The number of aromatic nitrogens is 2. The fourth-order valence-corrected chi connectivity index (χ4v) is 11.8. The van der Waals surface area contributed by atoms with Crippen LogP contribution in [-0.4, -0.2) is 111 Å². The second kappa shape index (κ2) is 22.7. The third kappa shape index (κ3) is 11.2. The highest BCUT2D eigenvalue weighted by Gasteiger charge is 2.59. The molecular formula is C57H63BrFN5O8. The molecule has 0 bridgehead atoms. The van der Waals surface area contributed by atoms with Crippen molar-refractivity contribution in [2.45, 2.75) is 82.3 Å². The highest BCUT2D eigenvalue weighted by atomic mass is 79.9. The largest absolute Gasteiger partial charge is 0.481 e. The second-order valence-corrected chi connectivity index (χ2v) is 20.5. The molecule has 378 valence electrons. The lowest BCUT2D eigenvalue weighted by Crippen LogP contribution is -2.66. The molecule has 2 unspecified atom stereocenters. The predicted molar refractivity (Wildman–Crippen MR) is 278 cm³/mol. The molecule has 4 N–H and O–H groups in total. The molecule has 1 saturated heterocycles. The Hall–Kier alpha value is -6.23. The minimum absolute atomic E-state index is 0.0939. The second-order valence-electron chi connectivity index (χ2n) is 19.6. The van der Waals surface area contributed by atoms with E-state index in [2.05, 4.69) is 74.6 Å². The number of anilines is 1. The van der Waals surface area contributed by atoms with E-state index >= 15 is 0 Å². The highest BCUT2D eigenvalue weighted by molar-refractivity contribution is 9.10. The number of piperidine rings is 1. The number of para-hydroxylation sites is 1. The van der Waals surface area contributed by atoms with Crippen molar-refractivity contribution in [1.82, 2.24) is 19.4 Å². The minimum atomic E-state index is -1.18. The Morgan fingerprint density at radius 3 is 2.33 bits per heavy atom. The summed E-state index contributed by atoms with van der Waals surface area (Å²) in [5.74, 6) is -1.40. The normalized spacial score (nSPS) is 21.9. The molecule has 13 nitrogen and oxygen atoms in total. The molecule has 5 aromatic rings. The quantitative estimate of drug-likeness (QED) is 0.0695. The van der Waals surface area contributed by atoms with Gasteiger partial charge in [-0.1, -0.05) is 74.5 Å². The van der Waals surface area contributed by atoms with Gasteiger partial charge in [0.25, 0.3) is 5.91 Å². The van der Waals surface area contributed by atoms with Gasteiger partial charge >= 0.3 is 11.9 Å². The number of hydrogen-bond donors (Lipinski definition) is 4. The topological polar surface area (TPSA) is 167 Å². The van der Waals surface area contributed by atoms with Crippen LogP contribution in [0.4, 0.5) is 10.1 Å². The summed E-state index contributed by atoms with van der Waals surface area (Å²) in [5.41, 5.74) is 7.79. The molecule has 2 aliphatic carbocycles. The van der Waals surface area contributed by atoms with Gasteiger partial charge in [0.15, 0.2) is 0 Å². The summed E-state index contributed by atoms with van der Waals surface area (Å²) in [6.45, 7) is 5.51. The Morgan fingerprint density at radius 2 is 1.67 bits per heavy atom. The van der Waals surface area contributed by atoms with E-state index in [4.69, 9.17) is 14.6 Å².